The smallest absolute Gasteiger partial charge is 0.140 e. The maximum atomic E-state index is 10.1. The highest BCUT2D eigenvalue weighted by Crippen LogP contribution is 2.54. The molecule has 0 spiro atoms. The van der Waals surface area contributed by atoms with Gasteiger partial charge in [0.1, 0.15) is 35.7 Å². The molecule has 2 heterocycles. The topological polar surface area (TPSA) is 51.2 Å². The quantitative estimate of drug-likeness (QED) is 0.408. The predicted octanol–water partition coefficient (Wildman–Crippen LogP) is 6.48. The summed E-state index contributed by atoms with van der Waals surface area (Å²) in [6.07, 6.45) is 1.06. The summed E-state index contributed by atoms with van der Waals surface area (Å²) in [6, 6.07) is 22.2. The molecule has 6 heteroatoms. The zero-order valence-corrected chi connectivity index (χ0v) is 21.3. The van der Waals surface area contributed by atoms with Gasteiger partial charge in [0.15, 0.2) is 0 Å². The third kappa shape index (κ3) is 5.24. The van der Waals surface area contributed by atoms with E-state index in [0.717, 1.165) is 52.3 Å². The number of rotatable bonds is 7. The number of hydrogen-bond donors (Lipinski definition) is 1. The molecule has 1 fully saturated rings. The molecule has 0 aromatic heterocycles. The van der Waals surface area contributed by atoms with Crippen molar-refractivity contribution < 1.29 is 19.3 Å². The number of fused-ring (bicyclic) bond motifs is 1. The van der Waals surface area contributed by atoms with Gasteiger partial charge in [-0.2, -0.15) is 0 Å². The summed E-state index contributed by atoms with van der Waals surface area (Å²) in [4.78, 5) is 3.54. The van der Waals surface area contributed by atoms with E-state index < -0.39 is 0 Å². The van der Waals surface area contributed by atoms with Crippen molar-refractivity contribution in [3.8, 4) is 23.0 Å². The van der Waals surface area contributed by atoms with Gasteiger partial charge in [-0.1, -0.05) is 31.2 Å². The monoisotopic (exact) mass is 491 g/mol. The van der Waals surface area contributed by atoms with E-state index in [4.69, 9.17) is 14.2 Å². The lowest BCUT2D eigenvalue weighted by Crippen LogP contribution is -2.33. The molecule has 4 atom stereocenters. The molecule has 35 heavy (non-hydrogen) atoms. The highest BCUT2D eigenvalue weighted by molar-refractivity contribution is 7.99. The van der Waals surface area contributed by atoms with Crippen LogP contribution in [0.25, 0.3) is 0 Å². The minimum Gasteiger partial charge on any atom is -0.508 e. The van der Waals surface area contributed by atoms with E-state index >= 15 is 0 Å². The molecule has 0 radical (unpaired) electrons. The van der Waals surface area contributed by atoms with E-state index in [1.165, 1.54) is 6.42 Å². The first-order valence-electron chi connectivity index (χ1n) is 12.3. The van der Waals surface area contributed by atoms with Crippen molar-refractivity contribution in [2.45, 2.75) is 42.6 Å². The number of ether oxygens (including phenoxy) is 3. The maximum Gasteiger partial charge on any atom is 0.140 e. The van der Waals surface area contributed by atoms with Crippen LogP contribution in [0.4, 0.5) is 0 Å². The molecule has 0 aliphatic carbocycles. The van der Waals surface area contributed by atoms with Gasteiger partial charge in [0, 0.05) is 12.6 Å². The van der Waals surface area contributed by atoms with Crippen molar-refractivity contribution in [1.82, 2.24) is 4.90 Å². The first-order chi connectivity index (χ1) is 17.0. The third-order valence-electron chi connectivity index (χ3n) is 7.26. The molecular formula is C29H33NO4S. The second-order valence-corrected chi connectivity index (χ2v) is 10.6. The highest BCUT2D eigenvalue weighted by atomic mass is 32.2. The summed E-state index contributed by atoms with van der Waals surface area (Å²) in [5, 5.41) is 10.1. The number of phenolic OH excluding ortho intramolecular Hbond substituents is 1. The van der Waals surface area contributed by atoms with Crippen molar-refractivity contribution in [2.75, 3.05) is 26.8 Å². The normalized spacial score (nSPS) is 24.0. The maximum absolute atomic E-state index is 10.1. The number of phenols is 1. The van der Waals surface area contributed by atoms with Gasteiger partial charge in [-0.25, -0.2) is 0 Å². The van der Waals surface area contributed by atoms with Crippen molar-refractivity contribution >= 4 is 11.8 Å². The molecule has 0 bridgehead atoms. The molecule has 5 rings (SSSR count). The van der Waals surface area contributed by atoms with Gasteiger partial charge in [0.05, 0.1) is 17.3 Å². The Morgan fingerprint density at radius 2 is 1.80 bits per heavy atom. The lowest BCUT2D eigenvalue weighted by molar-refractivity contribution is 0.189. The van der Waals surface area contributed by atoms with E-state index in [1.54, 1.807) is 24.9 Å². The van der Waals surface area contributed by atoms with Gasteiger partial charge in [0.2, 0.25) is 0 Å². The lowest BCUT2D eigenvalue weighted by Gasteiger charge is -2.34. The molecule has 1 N–H and O–H groups in total. The number of hydrogen-bond acceptors (Lipinski definition) is 6. The Labute approximate surface area is 212 Å². The first kappa shape index (κ1) is 23.9. The van der Waals surface area contributed by atoms with Crippen LogP contribution < -0.4 is 14.2 Å². The molecule has 0 saturated carbocycles. The van der Waals surface area contributed by atoms with Crippen LogP contribution in [0.1, 0.15) is 42.7 Å². The highest BCUT2D eigenvalue weighted by Gasteiger charge is 2.34. The van der Waals surface area contributed by atoms with Gasteiger partial charge in [-0.3, -0.25) is 4.90 Å². The molecule has 5 nitrogen and oxygen atoms in total. The summed E-state index contributed by atoms with van der Waals surface area (Å²) in [7, 11) is 1.67. The SMILES string of the molecule is COc1ccc2c(c1)S[C@H](c1cccc(O)c1)[C@H](c1ccc(OCCN3CC[C@H](C)[C@H]3C)cc1)O2. The van der Waals surface area contributed by atoms with E-state index in [-0.39, 0.29) is 17.1 Å². The minimum atomic E-state index is -0.205. The van der Waals surface area contributed by atoms with E-state index in [9.17, 15) is 5.11 Å². The van der Waals surface area contributed by atoms with E-state index in [0.29, 0.717) is 12.6 Å². The fraction of sp³-hybridized carbons (Fsp3) is 0.379. The number of aromatic hydroxyl groups is 1. The number of benzene rings is 3. The van der Waals surface area contributed by atoms with Crippen LogP contribution >= 0.6 is 11.8 Å². The Hall–Kier alpha value is -2.83. The molecule has 3 aromatic rings. The summed E-state index contributed by atoms with van der Waals surface area (Å²) >= 11 is 1.73. The average molecular weight is 492 g/mol. The Balaban J connectivity index is 1.33. The predicted molar refractivity (Wildman–Crippen MR) is 140 cm³/mol. The first-order valence-corrected chi connectivity index (χ1v) is 13.2. The fourth-order valence-electron chi connectivity index (χ4n) is 4.91. The van der Waals surface area contributed by atoms with Crippen LogP contribution in [0.2, 0.25) is 0 Å². The van der Waals surface area contributed by atoms with Crippen LogP contribution in [0.15, 0.2) is 71.6 Å². The summed E-state index contributed by atoms with van der Waals surface area (Å²) in [6.45, 7) is 7.44. The molecule has 184 valence electrons. The second-order valence-electron chi connectivity index (χ2n) is 9.44. The van der Waals surface area contributed by atoms with Gasteiger partial charge < -0.3 is 19.3 Å². The Morgan fingerprint density at radius 3 is 2.51 bits per heavy atom. The molecular weight excluding hydrogens is 458 g/mol. The Kier molecular flexibility index (Phi) is 7.12. The molecule has 1 saturated heterocycles. The van der Waals surface area contributed by atoms with Crippen molar-refractivity contribution in [3.05, 3.63) is 77.9 Å². The second kappa shape index (κ2) is 10.4. The van der Waals surface area contributed by atoms with Crippen molar-refractivity contribution in [2.24, 2.45) is 5.92 Å². The van der Waals surface area contributed by atoms with Gasteiger partial charge in [-0.15, -0.1) is 11.8 Å². The summed E-state index contributed by atoms with van der Waals surface area (Å²) < 4.78 is 18.0. The van der Waals surface area contributed by atoms with Crippen LogP contribution in [0.5, 0.6) is 23.0 Å². The van der Waals surface area contributed by atoms with Crippen molar-refractivity contribution in [3.63, 3.8) is 0 Å². The van der Waals surface area contributed by atoms with Gasteiger partial charge in [0.25, 0.3) is 0 Å². The van der Waals surface area contributed by atoms with Crippen LogP contribution in [-0.2, 0) is 0 Å². The molecule has 0 amide bonds. The standard InChI is InChI=1S/C29H33NO4S/c1-19-13-14-30(20(19)2)15-16-33-24-9-7-21(8-10-24)28-29(22-5-4-6-23(31)17-22)35-27-18-25(32-3)11-12-26(27)34-28/h4-12,17-20,28-29,31H,13-16H2,1-3H3/t19-,20+,28-,29+/m0/s1. The molecule has 2 aliphatic rings. The fourth-order valence-corrected chi connectivity index (χ4v) is 6.22. The molecule has 3 aromatic carbocycles. The summed E-state index contributed by atoms with van der Waals surface area (Å²) in [5.74, 6) is 3.52. The lowest BCUT2D eigenvalue weighted by atomic mass is 10.00. The van der Waals surface area contributed by atoms with Crippen LogP contribution in [0, 0.1) is 5.92 Å². The van der Waals surface area contributed by atoms with E-state index in [1.807, 2.05) is 48.5 Å². The number of thioether (sulfide) groups is 1. The zero-order chi connectivity index (χ0) is 24.4. The van der Waals surface area contributed by atoms with Crippen LogP contribution in [-0.4, -0.2) is 42.9 Å². The van der Waals surface area contributed by atoms with E-state index in [2.05, 4.69) is 30.9 Å². The minimum absolute atomic E-state index is 0.0212. The molecule has 2 aliphatic heterocycles. The van der Waals surface area contributed by atoms with Crippen molar-refractivity contribution in [1.29, 1.82) is 0 Å². The Morgan fingerprint density at radius 1 is 1.00 bits per heavy atom. The van der Waals surface area contributed by atoms with Gasteiger partial charge in [-0.05, 0) is 79.4 Å². The van der Waals surface area contributed by atoms with Gasteiger partial charge >= 0.3 is 0 Å². The Bertz CT molecular complexity index is 1150. The largest absolute Gasteiger partial charge is 0.508 e. The number of nitrogens with zero attached hydrogens (tertiary/aromatic N) is 1. The zero-order valence-electron chi connectivity index (χ0n) is 20.5. The number of methoxy groups -OCH3 is 1. The van der Waals surface area contributed by atoms with Crippen LogP contribution in [0.3, 0.4) is 0 Å². The number of likely N-dealkylation sites (tertiary alicyclic amines) is 1. The molecule has 0 unspecified atom stereocenters. The summed E-state index contributed by atoms with van der Waals surface area (Å²) in [5.41, 5.74) is 2.09. The third-order valence-corrected chi connectivity index (χ3v) is 8.61. The average Bonchev–Trinajstić information content (AvgIpc) is 3.20.